The molecule has 1 aliphatic rings. The van der Waals surface area contributed by atoms with Gasteiger partial charge in [-0.05, 0) is 26.3 Å². The summed E-state index contributed by atoms with van der Waals surface area (Å²) in [6.07, 6.45) is -0.713. The number of piperazine rings is 1. The highest BCUT2D eigenvalue weighted by Gasteiger charge is 2.40. The fraction of sp³-hybridized carbons (Fsp3) is 0.542. The third-order valence-corrected chi connectivity index (χ3v) is 7.13. The van der Waals surface area contributed by atoms with Gasteiger partial charge < -0.3 is 14.6 Å². The van der Waals surface area contributed by atoms with Crippen molar-refractivity contribution in [2.75, 3.05) is 33.2 Å². The Morgan fingerprint density at radius 3 is 2.30 bits per heavy atom. The Kier molecular flexibility index (Phi) is 7.97. The molecule has 2 heterocycles. The van der Waals surface area contributed by atoms with Crippen LogP contribution in [0.25, 0.3) is 0 Å². The highest BCUT2D eigenvalue weighted by molar-refractivity contribution is 7.07. The second-order valence-electron chi connectivity index (χ2n) is 9.42. The fourth-order valence-corrected chi connectivity index (χ4v) is 5.18. The Labute approximate surface area is 199 Å². The molecule has 8 nitrogen and oxygen atoms in total. The van der Waals surface area contributed by atoms with E-state index in [1.807, 2.05) is 63.1 Å². The Morgan fingerprint density at radius 1 is 1.15 bits per heavy atom. The van der Waals surface area contributed by atoms with Crippen molar-refractivity contribution in [2.45, 2.75) is 45.3 Å². The van der Waals surface area contributed by atoms with Gasteiger partial charge in [0.25, 0.3) is 0 Å². The van der Waals surface area contributed by atoms with Gasteiger partial charge in [-0.15, -0.1) is 11.3 Å². The van der Waals surface area contributed by atoms with Crippen molar-refractivity contribution in [3.63, 3.8) is 0 Å². The molecule has 1 aliphatic heterocycles. The van der Waals surface area contributed by atoms with Crippen LogP contribution < -0.4 is 4.80 Å². The zero-order valence-electron chi connectivity index (χ0n) is 20.2. The van der Waals surface area contributed by atoms with Crippen LogP contribution in [0.1, 0.15) is 32.0 Å². The summed E-state index contributed by atoms with van der Waals surface area (Å²) in [6, 6.07) is 8.87. The second kappa shape index (κ2) is 10.5. The highest BCUT2D eigenvalue weighted by Crippen LogP contribution is 2.23. The Hall–Kier alpha value is -2.65. The molecule has 1 saturated heterocycles. The van der Waals surface area contributed by atoms with Crippen LogP contribution in [0.15, 0.2) is 40.7 Å². The van der Waals surface area contributed by atoms with Crippen molar-refractivity contribution in [3.8, 4) is 0 Å². The number of carbonyl (C=O) groups excluding carboxylic acids is 1. The quantitative estimate of drug-likeness (QED) is 0.699. The molecule has 0 saturated carbocycles. The van der Waals surface area contributed by atoms with Crippen molar-refractivity contribution in [1.82, 2.24) is 19.3 Å². The molecule has 0 radical (unpaired) electrons. The van der Waals surface area contributed by atoms with E-state index in [9.17, 15) is 14.7 Å². The van der Waals surface area contributed by atoms with E-state index in [1.165, 1.54) is 10.6 Å². The number of benzene rings is 1. The molecule has 1 N–H and O–H groups in total. The van der Waals surface area contributed by atoms with Crippen molar-refractivity contribution < 1.29 is 14.7 Å². The molecule has 33 heavy (non-hydrogen) atoms. The zero-order valence-corrected chi connectivity index (χ0v) is 21.0. The van der Waals surface area contributed by atoms with E-state index in [-0.39, 0.29) is 5.91 Å². The largest absolute Gasteiger partial charge is 0.465 e. The predicted molar refractivity (Wildman–Crippen MR) is 130 cm³/mol. The third kappa shape index (κ3) is 6.03. The van der Waals surface area contributed by atoms with Crippen LogP contribution in [0.2, 0.25) is 0 Å². The van der Waals surface area contributed by atoms with Gasteiger partial charge >= 0.3 is 6.09 Å². The number of amides is 2. The number of hydrogen-bond donors (Lipinski definition) is 1. The van der Waals surface area contributed by atoms with E-state index in [2.05, 4.69) is 19.8 Å². The number of rotatable bonds is 6. The minimum Gasteiger partial charge on any atom is -0.465 e. The predicted octanol–water partition coefficient (Wildman–Crippen LogP) is 2.65. The molecular formula is C24H35N5O3S. The van der Waals surface area contributed by atoms with Gasteiger partial charge in [-0.25, -0.2) is 4.79 Å². The summed E-state index contributed by atoms with van der Waals surface area (Å²) in [6.45, 7) is 8.98. The lowest BCUT2D eigenvalue weighted by atomic mass is 9.97. The molecule has 1 fully saturated rings. The number of carbonyl (C=O) groups is 2. The van der Waals surface area contributed by atoms with E-state index in [1.54, 1.807) is 18.4 Å². The maximum absolute atomic E-state index is 13.6. The van der Waals surface area contributed by atoms with Crippen molar-refractivity contribution in [2.24, 2.45) is 12.0 Å². The van der Waals surface area contributed by atoms with Gasteiger partial charge in [-0.3, -0.25) is 19.6 Å². The molecule has 1 atom stereocenters. The lowest BCUT2D eigenvalue weighted by molar-refractivity contribution is -0.140. The van der Waals surface area contributed by atoms with Gasteiger partial charge in [0, 0.05) is 69.9 Å². The standard InChI is InChI=1S/C24H35N5O3S/c1-24(2,3)29(23(31)32)20(15-18-9-7-6-8-10-18)21(30)28-13-11-27(12-14-28)16-19-17-33-22(25-4)26(19)5/h6-10,17,20H,11-16H2,1-5H3,(H,31,32)/t20-/m1/s1. The molecule has 1 aromatic heterocycles. The molecule has 0 aliphatic carbocycles. The smallest absolute Gasteiger partial charge is 0.408 e. The van der Waals surface area contributed by atoms with E-state index in [0.717, 1.165) is 30.0 Å². The van der Waals surface area contributed by atoms with Crippen LogP contribution in [0.5, 0.6) is 0 Å². The first kappa shape index (κ1) is 25.0. The Morgan fingerprint density at radius 2 is 1.79 bits per heavy atom. The molecule has 0 spiro atoms. The Balaban J connectivity index is 1.73. The summed E-state index contributed by atoms with van der Waals surface area (Å²) < 4.78 is 2.10. The maximum atomic E-state index is 13.6. The molecule has 0 bridgehead atoms. The third-order valence-electron chi connectivity index (χ3n) is 6.08. The number of hydrogen-bond acceptors (Lipinski definition) is 5. The van der Waals surface area contributed by atoms with E-state index in [4.69, 9.17) is 0 Å². The molecule has 2 aromatic rings. The molecular weight excluding hydrogens is 438 g/mol. The lowest BCUT2D eigenvalue weighted by Gasteiger charge is -2.42. The molecule has 9 heteroatoms. The topological polar surface area (TPSA) is 81.4 Å². The number of thiazole rings is 1. The first-order valence-corrected chi connectivity index (χ1v) is 12.1. The molecule has 0 unspecified atom stereocenters. The van der Waals surface area contributed by atoms with Gasteiger partial charge in [0.2, 0.25) is 5.91 Å². The van der Waals surface area contributed by atoms with E-state index >= 15 is 0 Å². The van der Waals surface area contributed by atoms with Crippen LogP contribution in [0.4, 0.5) is 4.79 Å². The maximum Gasteiger partial charge on any atom is 0.408 e. The van der Waals surface area contributed by atoms with Gasteiger partial charge in [0.15, 0.2) is 4.80 Å². The van der Waals surface area contributed by atoms with Crippen LogP contribution in [0.3, 0.4) is 0 Å². The second-order valence-corrected chi connectivity index (χ2v) is 10.3. The number of nitrogens with zero attached hydrogens (tertiary/aromatic N) is 5. The highest BCUT2D eigenvalue weighted by atomic mass is 32.1. The summed E-state index contributed by atoms with van der Waals surface area (Å²) in [4.78, 5) is 36.6. The van der Waals surface area contributed by atoms with Gasteiger partial charge in [0.05, 0.1) is 0 Å². The summed E-state index contributed by atoms with van der Waals surface area (Å²) in [5.41, 5.74) is 1.46. The average molecular weight is 474 g/mol. The number of carboxylic acid groups (broad SMARTS) is 1. The number of aromatic nitrogens is 1. The van der Waals surface area contributed by atoms with Crippen molar-refractivity contribution in [3.05, 3.63) is 51.8 Å². The fourth-order valence-electron chi connectivity index (χ4n) is 4.33. The van der Waals surface area contributed by atoms with E-state index < -0.39 is 17.7 Å². The van der Waals surface area contributed by atoms with Crippen molar-refractivity contribution in [1.29, 1.82) is 0 Å². The molecule has 2 amide bonds. The summed E-state index contributed by atoms with van der Waals surface area (Å²) in [5.74, 6) is -0.121. The first-order valence-electron chi connectivity index (χ1n) is 11.3. The normalized spacial score (nSPS) is 16.6. The zero-order chi connectivity index (χ0) is 24.2. The minimum atomic E-state index is -1.07. The monoisotopic (exact) mass is 473 g/mol. The lowest BCUT2D eigenvalue weighted by Crippen LogP contribution is -2.60. The average Bonchev–Trinajstić information content (AvgIpc) is 3.12. The minimum absolute atomic E-state index is 0.121. The van der Waals surface area contributed by atoms with Crippen LogP contribution >= 0.6 is 11.3 Å². The SMILES string of the molecule is CN=c1scc(CN2CCN(C(=O)[C@@H](Cc3ccccc3)N(C(=O)O)C(C)(C)C)CC2)n1C. The molecule has 3 rings (SSSR count). The first-order chi connectivity index (χ1) is 15.6. The van der Waals surface area contributed by atoms with Crippen LogP contribution in [-0.2, 0) is 24.8 Å². The van der Waals surface area contributed by atoms with Gasteiger partial charge in [-0.2, -0.15) is 0 Å². The van der Waals surface area contributed by atoms with Crippen LogP contribution in [0, 0.1) is 0 Å². The van der Waals surface area contributed by atoms with E-state index in [0.29, 0.717) is 19.5 Å². The molecule has 180 valence electrons. The Bertz CT molecular complexity index is 1020. The van der Waals surface area contributed by atoms with Crippen molar-refractivity contribution >= 4 is 23.3 Å². The van der Waals surface area contributed by atoms with Crippen LogP contribution in [-0.4, -0.2) is 81.2 Å². The van der Waals surface area contributed by atoms with Gasteiger partial charge in [0.1, 0.15) is 6.04 Å². The summed E-state index contributed by atoms with van der Waals surface area (Å²) in [7, 11) is 3.82. The summed E-state index contributed by atoms with van der Waals surface area (Å²) in [5, 5.41) is 12.1. The van der Waals surface area contributed by atoms with Gasteiger partial charge in [-0.1, -0.05) is 30.3 Å². The molecule has 1 aromatic carbocycles. The summed E-state index contributed by atoms with van der Waals surface area (Å²) >= 11 is 1.63.